The SMILES string of the molecule is CCn1c(SCC(=O)Nc2sc3c(c2C(=O)NCc2ccccc2)CCCC3)nnc1[C@@H](C)NC(=O)c1ccc(Cl)c(Cl)c1. The Morgan fingerprint density at radius 1 is 1.02 bits per heavy atom. The van der Waals surface area contributed by atoms with Crippen LogP contribution in [0.2, 0.25) is 10.0 Å². The molecule has 1 aliphatic carbocycles. The highest BCUT2D eigenvalue weighted by molar-refractivity contribution is 7.99. The molecule has 0 unspecified atom stereocenters. The molecule has 1 aliphatic rings. The number of hydrogen-bond acceptors (Lipinski definition) is 7. The summed E-state index contributed by atoms with van der Waals surface area (Å²) in [7, 11) is 0. The molecule has 0 fully saturated rings. The summed E-state index contributed by atoms with van der Waals surface area (Å²) in [5.41, 5.74) is 3.00. The third kappa shape index (κ3) is 7.46. The molecule has 2 aromatic carbocycles. The molecule has 9 nitrogen and oxygen atoms in total. The fraction of sp³-hybridized carbons (Fsp3) is 0.323. The Hall–Kier alpha value is -3.38. The van der Waals surface area contributed by atoms with Gasteiger partial charge in [0.1, 0.15) is 5.00 Å². The van der Waals surface area contributed by atoms with Crippen molar-refractivity contribution in [2.24, 2.45) is 0 Å². The summed E-state index contributed by atoms with van der Waals surface area (Å²) in [4.78, 5) is 40.5. The third-order valence-corrected chi connectivity index (χ3v) is 10.2. The molecule has 2 aromatic heterocycles. The second-order valence-corrected chi connectivity index (χ2v) is 13.2. The topological polar surface area (TPSA) is 118 Å². The molecule has 2 heterocycles. The molecule has 1 atom stereocenters. The Labute approximate surface area is 274 Å². The number of hydrogen-bond donors (Lipinski definition) is 3. The van der Waals surface area contributed by atoms with E-state index < -0.39 is 6.04 Å². The van der Waals surface area contributed by atoms with Crippen LogP contribution < -0.4 is 16.0 Å². The summed E-state index contributed by atoms with van der Waals surface area (Å²) in [6.07, 6.45) is 3.83. The van der Waals surface area contributed by atoms with Crippen molar-refractivity contribution in [1.29, 1.82) is 0 Å². The van der Waals surface area contributed by atoms with Crippen LogP contribution in [-0.4, -0.2) is 38.2 Å². The molecule has 5 rings (SSSR count). The molecule has 0 bridgehead atoms. The zero-order chi connectivity index (χ0) is 31.2. The van der Waals surface area contributed by atoms with E-state index in [4.69, 9.17) is 23.2 Å². The molecule has 0 saturated heterocycles. The maximum atomic E-state index is 13.4. The number of carbonyl (C=O) groups excluding carboxylic acids is 3. The maximum Gasteiger partial charge on any atom is 0.254 e. The summed E-state index contributed by atoms with van der Waals surface area (Å²) in [5, 5.41) is 19.3. The average Bonchev–Trinajstić information content (AvgIpc) is 3.61. The zero-order valence-electron chi connectivity index (χ0n) is 24.3. The first-order valence-corrected chi connectivity index (χ1v) is 16.9. The number of benzene rings is 2. The number of halogens is 2. The van der Waals surface area contributed by atoms with E-state index in [1.165, 1.54) is 29.2 Å². The monoisotopic (exact) mass is 670 g/mol. The van der Waals surface area contributed by atoms with Crippen molar-refractivity contribution in [2.45, 2.75) is 63.8 Å². The summed E-state index contributed by atoms with van der Waals surface area (Å²) in [5.74, 6) is -0.0949. The van der Waals surface area contributed by atoms with E-state index in [1.54, 1.807) is 12.1 Å². The van der Waals surface area contributed by atoms with Gasteiger partial charge in [-0.2, -0.15) is 0 Å². The highest BCUT2D eigenvalue weighted by Gasteiger charge is 2.27. The number of anilines is 1. The zero-order valence-corrected chi connectivity index (χ0v) is 27.4. The number of carbonyl (C=O) groups is 3. The van der Waals surface area contributed by atoms with Crippen molar-refractivity contribution < 1.29 is 14.4 Å². The van der Waals surface area contributed by atoms with Gasteiger partial charge in [0.05, 0.1) is 27.4 Å². The number of nitrogens with zero attached hydrogens (tertiary/aromatic N) is 3. The number of rotatable bonds is 11. The fourth-order valence-corrected chi connectivity index (χ4v) is 7.47. The first-order chi connectivity index (χ1) is 21.2. The summed E-state index contributed by atoms with van der Waals surface area (Å²) in [6.45, 7) is 4.72. The molecule has 0 aliphatic heterocycles. The van der Waals surface area contributed by atoms with Crippen LogP contribution in [0.25, 0.3) is 0 Å². The molecule has 4 aromatic rings. The predicted octanol–water partition coefficient (Wildman–Crippen LogP) is 6.70. The quantitative estimate of drug-likeness (QED) is 0.153. The summed E-state index contributed by atoms with van der Waals surface area (Å²) >= 11 is 14.8. The van der Waals surface area contributed by atoms with Gasteiger partial charge >= 0.3 is 0 Å². The van der Waals surface area contributed by atoms with Gasteiger partial charge in [-0.1, -0.05) is 65.3 Å². The smallest absolute Gasteiger partial charge is 0.254 e. The van der Waals surface area contributed by atoms with Gasteiger partial charge in [0.15, 0.2) is 11.0 Å². The number of aryl methyl sites for hydroxylation is 1. The molecule has 3 amide bonds. The molecular formula is C31H32Cl2N6O3S2. The Morgan fingerprint density at radius 2 is 1.80 bits per heavy atom. The Balaban J connectivity index is 1.23. The van der Waals surface area contributed by atoms with Crippen molar-refractivity contribution >= 4 is 69.0 Å². The molecule has 230 valence electrons. The van der Waals surface area contributed by atoms with Crippen LogP contribution in [0.5, 0.6) is 0 Å². The van der Waals surface area contributed by atoms with Crippen molar-refractivity contribution in [2.75, 3.05) is 11.1 Å². The lowest BCUT2D eigenvalue weighted by Crippen LogP contribution is -2.28. The lowest BCUT2D eigenvalue weighted by Gasteiger charge is -2.15. The molecule has 13 heteroatoms. The first kappa shape index (κ1) is 32.0. The van der Waals surface area contributed by atoms with Crippen molar-refractivity contribution in [3.05, 3.63) is 91.5 Å². The van der Waals surface area contributed by atoms with Gasteiger partial charge in [-0.25, -0.2) is 0 Å². The van der Waals surface area contributed by atoms with Crippen LogP contribution in [-0.2, 0) is 30.7 Å². The van der Waals surface area contributed by atoms with Crippen LogP contribution in [0.15, 0.2) is 53.7 Å². The number of thiophene rings is 1. The number of amides is 3. The van der Waals surface area contributed by atoms with Crippen molar-refractivity contribution in [3.8, 4) is 0 Å². The second-order valence-electron chi connectivity index (χ2n) is 10.3. The van der Waals surface area contributed by atoms with E-state index in [2.05, 4.69) is 26.1 Å². The highest BCUT2D eigenvalue weighted by Crippen LogP contribution is 2.38. The van der Waals surface area contributed by atoms with Gasteiger partial charge in [0, 0.05) is 23.5 Å². The minimum absolute atomic E-state index is 0.0792. The van der Waals surface area contributed by atoms with E-state index in [0.29, 0.717) is 50.2 Å². The van der Waals surface area contributed by atoms with Crippen LogP contribution in [0.3, 0.4) is 0 Å². The molecule has 44 heavy (non-hydrogen) atoms. The second kappa shape index (κ2) is 14.6. The molecule has 0 spiro atoms. The summed E-state index contributed by atoms with van der Waals surface area (Å²) < 4.78 is 1.87. The Morgan fingerprint density at radius 3 is 2.55 bits per heavy atom. The molecular weight excluding hydrogens is 639 g/mol. The number of nitrogens with one attached hydrogen (secondary N) is 3. The van der Waals surface area contributed by atoms with Gasteiger partial charge in [-0.15, -0.1) is 21.5 Å². The average molecular weight is 672 g/mol. The van der Waals surface area contributed by atoms with E-state index in [-0.39, 0.29) is 23.5 Å². The normalized spacial score (nSPS) is 13.2. The Bertz CT molecular complexity index is 1670. The lowest BCUT2D eigenvalue weighted by atomic mass is 9.95. The van der Waals surface area contributed by atoms with Gasteiger partial charge < -0.3 is 20.5 Å². The van der Waals surface area contributed by atoms with Gasteiger partial charge in [0.2, 0.25) is 5.91 Å². The van der Waals surface area contributed by atoms with Crippen molar-refractivity contribution in [3.63, 3.8) is 0 Å². The number of aromatic nitrogens is 3. The summed E-state index contributed by atoms with van der Waals surface area (Å²) in [6, 6.07) is 14.0. The van der Waals surface area contributed by atoms with Gasteiger partial charge in [0.25, 0.3) is 11.8 Å². The standard InChI is InChI=1S/C31H32Cl2N6O3S2/c1-3-39-27(18(2)35-28(41)20-13-14-22(32)23(33)15-20)37-38-31(39)43-17-25(40)36-30-26(21-11-7-8-12-24(21)44-30)29(42)34-16-19-9-5-4-6-10-19/h4-6,9-10,13-15,18H,3,7-8,11-12,16-17H2,1-2H3,(H,34,42)(H,35,41)(H,36,40)/t18-/m1/s1. The maximum absolute atomic E-state index is 13.4. The third-order valence-electron chi connectivity index (χ3n) is 7.26. The first-order valence-electron chi connectivity index (χ1n) is 14.3. The minimum Gasteiger partial charge on any atom is -0.348 e. The molecule has 0 radical (unpaired) electrons. The van der Waals surface area contributed by atoms with E-state index in [9.17, 15) is 14.4 Å². The van der Waals surface area contributed by atoms with E-state index in [0.717, 1.165) is 41.7 Å². The Kier molecular flexibility index (Phi) is 10.6. The predicted molar refractivity (Wildman–Crippen MR) is 176 cm³/mol. The van der Waals surface area contributed by atoms with Gasteiger partial charge in [-0.05, 0) is 68.9 Å². The molecule has 3 N–H and O–H groups in total. The van der Waals surface area contributed by atoms with Crippen LogP contribution >= 0.6 is 46.3 Å². The number of thioether (sulfide) groups is 1. The number of fused-ring (bicyclic) bond motifs is 1. The molecule has 0 saturated carbocycles. The largest absolute Gasteiger partial charge is 0.348 e. The lowest BCUT2D eigenvalue weighted by molar-refractivity contribution is -0.113. The fourth-order valence-electron chi connectivity index (χ4n) is 5.06. The highest BCUT2D eigenvalue weighted by atomic mass is 35.5. The van der Waals surface area contributed by atoms with Crippen LogP contribution in [0, 0.1) is 0 Å². The van der Waals surface area contributed by atoms with Crippen LogP contribution in [0.1, 0.15) is 75.3 Å². The van der Waals surface area contributed by atoms with E-state index in [1.807, 2.05) is 48.7 Å². The van der Waals surface area contributed by atoms with Gasteiger partial charge in [-0.3, -0.25) is 14.4 Å². The van der Waals surface area contributed by atoms with E-state index >= 15 is 0 Å². The minimum atomic E-state index is -0.457. The van der Waals surface area contributed by atoms with Crippen LogP contribution in [0.4, 0.5) is 5.00 Å². The van der Waals surface area contributed by atoms with Crippen molar-refractivity contribution in [1.82, 2.24) is 25.4 Å².